The summed E-state index contributed by atoms with van der Waals surface area (Å²) in [4.78, 5) is 18.1. The zero-order valence-electron chi connectivity index (χ0n) is 18.0. The summed E-state index contributed by atoms with van der Waals surface area (Å²) in [6.07, 6.45) is 0. The van der Waals surface area contributed by atoms with Crippen LogP contribution in [0.3, 0.4) is 0 Å². The van der Waals surface area contributed by atoms with Crippen molar-refractivity contribution in [3.8, 4) is 22.5 Å². The lowest BCUT2D eigenvalue weighted by Crippen LogP contribution is -2.23. The van der Waals surface area contributed by atoms with Crippen molar-refractivity contribution < 1.29 is 9.18 Å². The second-order valence-corrected chi connectivity index (χ2v) is 7.89. The SMILES string of the molecule is Cc1ccc(-c2cc(C(=O)NCc3ccccc3)c3c(-c4ccc(F)cc4)[nH]nc3n2)cc1. The summed E-state index contributed by atoms with van der Waals surface area (Å²) in [5.74, 6) is -0.562. The molecule has 5 rings (SSSR count). The quantitative estimate of drug-likeness (QED) is 0.373. The van der Waals surface area contributed by atoms with Crippen molar-refractivity contribution in [1.82, 2.24) is 20.5 Å². The number of amides is 1. The number of benzene rings is 3. The van der Waals surface area contributed by atoms with Crippen LogP contribution in [0.5, 0.6) is 0 Å². The van der Waals surface area contributed by atoms with Gasteiger partial charge in [0.15, 0.2) is 5.65 Å². The van der Waals surface area contributed by atoms with Gasteiger partial charge in [0, 0.05) is 17.7 Å². The number of aromatic nitrogens is 3. The zero-order chi connectivity index (χ0) is 22.8. The number of aryl methyl sites for hydroxylation is 1. The Morgan fingerprint density at radius 3 is 2.36 bits per heavy atom. The molecule has 0 bridgehead atoms. The molecular formula is C27H21FN4O. The van der Waals surface area contributed by atoms with Crippen LogP contribution in [0, 0.1) is 12.7 Å². The number of hydrogen-bond donors (Lipinski definition) is 2. The number of H-pyrrole nitrogens is 1. The first-order valence-electron chi connectivity index (χ1n) is 10.6. The van der Waals surface area contributed by atoms with E-state index in [1.165, 1.54) is 12.1 Å². The zero-order valence-corrected chi connectivity index (χ0v) is 18.0. The molecule has 0 spiro atoms. The summed E-state index contributed by atoms with van der Waals surface area (Å²) >= 11 is 0. The molecule has 2 N–H and O–H groups in total. The van der Waals surface area contributed by atoms with Crippen LogP contribution in [0.1, 0.15) is 21.5 Å². The minimum atomic E-state index is -0.330. The highest BCUT2D eigenvalue weighted by Crippen LogP contribution is 2.31. The van der Waals surface area contributed by atoms with Gasteiger partial charge in [0.25, 0.3) is 5.91 Å². The third-order valence-electron chi connectivity index (χ3n) is 5.54. The second kappa shape index (κ2) is 8.67. The number of nitrogens with one attached hydrogen (secondary N) is 2. The number of carbonyl (C=O) groups is 1. The number of hydrogen-bond acceptors (Lipinski definition) is 3. The molecule has 0 atom stereocenters. The van der Waals surface area contributed by atoms with Crippen LogP contribution in [0.2, 0.25) is 0 Å². The van der Waals surface area contributed by atoms with Crippen LogP contribution in [-0.2, 0) is 6.54 Å². The smallest absolute Gasteiger partial charge is 0.252 e. The Bertz CT molecular complexity index is 1430. The molecule has 162 valence electrons. The van der Waals surface area contributed by atoms with E-state index in [4.69, 9.17) is 4.98 Å². The molecule has 0 aliphatic rings. The van der Waals surface area contributed by atoms with Crippen LogP contribution in [0.15, 0.2) is 84.9 Å². The Hall–Kier alpha value is -4.32. The lowest BCUT2D eigenvalue weighted by atomic mass is 10.0. The van der Waals surface area contributed by atoms with E-state index in [2.05, 4.69) is 15.5 Å². The Kier molecular flexibility index (Phi) is 5.40. The first kappa shape index (κ1) is 20.6. The molecular weight excluding hydrogens is 415 g/mol. The predicted molar refractivity (Wildman–Crippen MR) is 127 cm³/mol. The van der Waals surface area contributed by atoms with E-state index in [0.29, 0.717) is 34.5 Å². The molecule has 33 heavy (non-hydrogen) atoms. The fourth-order valence-corrected chi connectivity index (χ4v) is 3.77. The molecule has 2 heterocycles. The molecule has 6 heteroatoms. The average Bonchev–Trinajstić information content (AvgIpc) is 3.27. The summed E-state index contributed by atoms with van der Waals surface area (Å²) in [7, 11) is 0. The summed E-state index contributed by atoms with van der Waals surface area (Å²) < 4.78 is 13.5. The van der Waals surface area contributed by atoms with Crippen molar-refractivity contribution >= 4 is 16.9 Å². The number of fused-ring (bicyclic) bond motifs is 1. The first-order chi connectivity index (χ1) is 16.1. The highest BCUT2D eigenvalue weighted by atomic mass is 19.1. The summed E-state index contributed by atoms with van der Waals surface area (Å²) in [6.45, 7) is 2.42. The second-order valence-electron chi connectivity index (χ2n) is 7.89. The average molecular weight is 436 g/mol. The molecule has 0 radical (unpaired) electrons. The Morgan fingerprint density at radius 2 is 1.64 bits per heavy atom. The van der Waals surface area contributed by atoms with Gasteiger partial charge in [-0.1, -0.05) is 60.2 Å². The van der Waals surface area contributed by atoms with Crippen molar-refractivity contribution in [1.29, 1.82) is 0 Å². The fraction of sp³-hybridized carbons (Fsp3) is 0.0741. The highest BCUT2D eigenvalue weighted by molar-refractivity contribution is 6.10. The molecule has 0 aliphatic heterocycles. The fourth-order valence-electron chi connectivity index (χ4n) is 3.77. The van der Waals surface area contributed by atoms with E-state index in [1.54, 1.807) is 18.2 Å². The Labute approximate surface area is 190 Å². The summed E-state index contributed by atoms with van der Waals surface area (Å²) in [5, 5.41) is 11.0. The van der Waals surface area contributed by atoms with Crippen molar-refractivity contribution in [3.63, 3.8) is 0 Å². The molecule has 0 aliphatic carbocycles. The van der Waals surface area contributed by atoms with E-state index in [-0.39, 0.29) is 11.7 Å². The van der Waals surface area contributed by atoms with Gasteiger partial charge in [-0.15, -0.1) is 0 Å². The van der Waals surface area contributed by atoms with Gasteiger partial charge in [-0.05, 0) is 42.8 Å². The highest BCUT2D eigenvalue weighted by Gasteiger charge is 2.20. The molecule has 1 amide bonds. The number of halogens is 1. The monoisotopic (exact) mass is 436 g/mol. The van der Waals surface area contributed by atoms with Crippen LogP contribution < -0.4 is 5.32 Å². The van der Waals surface area contributed by atoms with Gasteiger partial charge in [0.05, 0.1) is 22.3 Å². The number of pyridine rings is 1. The van der Waals surface area contributed by atoms with Crippen LogP contribution in [0.4, 0.5) is 4.39 Å². The molecule has 2 aromatic heterocycles. The van der Waals surface area contributed by atoms with Gasteiger partial charge in [-0.25, -0.2) is 9.37 Å². The Morgan fingerprint density at radius 1 is 0.939 bits per heavy atom. The molecule has 0 unspecified atom stereocenters. The van der Waals surface area contributed by atoms with Crippen molar-refractivity contribution in [2.24, 2.45) is 0 Å². The number of aromatic amines is 1. The number of carbonyl (C=O) groups excluding carboxylic acids is 1. The van der Waals surface area contributed by atoms with Crippen molar-refractivity contribution in [2.45, 2.75) is 13.5 Å². The van der Waals surface area contributed by atoms with Crippen LogP contribution in [0.25, 0.3) is 33.5 Å². The third kappa shape index (κ3) is 4.23. The summed E-state index contributed by atoms with van der Waals surface area (Å²) in [6, 6.07) is 25.5. The molecule has 5 aromatic rings. The number of rotatable bonds is 5. The summed E-state index contributed by atoms with van der Waals surface area (Å²) in [5.41, 5.74) is 5.92. The van der Waals surface area contributed by atoms with E-state index < -0.39 is 0 Å². The van der Waals surface area contributed by atoms with Gasteiger partial charge in [-0.2, -0.15) is 5.10 Å². The normalized spacial score (nSPS) is 11.0. The maximum Gasteiger partial charge on any atom is 0.252 e. The third-order valence-corrected chi connectivity index (χ3v) is 5.54. The van der Waals surface area contributed by atoms with E-state index in [0.717, 1.165) is 22.3 Å². The topological polar surface area (TPSA) is 70.7 Å². The van der Waals surface area contributed by atoms with Gasteiger partial charge in [0.1, 0.15) is 5.82 Å². The van der Waals surface area contributed by atoms with Crippen molar-refractivity contribution in [2.75, 3.05) is 0 Å². The van der Waals surface area contributed by atoms with Crippen LogP contribution >= 0.6 is 0 Å². The lowest BCUT2D eigenvalue weighted by molar-refractivity contribution is 0.0952. The van der Waals surface area contributed by atoms with E-state index in [1.807, 2.05) is 61.5 Å². The predicted octanol–water partition coefficient (Wildman–Crippen LogP) is 5.67. The first-order valence-corrected chi connectivity index (χ1v) is 10.6. The van der Waals surface area contributed by atoms with Gasteiger partial charge < -0.3 is 5.32 Å². The molecule has 0 saturated heterocycles. The molecule has 0 fully saturated rings. The minimum Gasteiger partial charge on any atom is -0.348 e. The largest absolute Gasteiger partial charge is 0.348 e. The van der Waals surface area contributed by atoms with Crippen molar-refractivity contribution in [3.05, 3.63) is 107 Å². The maximum absolute atomic E-state index is 13.5. The number of nitrogens with zero attached hydrogens (tertiary/aromatic N) is 2. The molecule has 5 nitrogen and oxygen atoms in total. The van der Waals surface area contributed by atoms with E-state index in [9.17, 15) is 9.18 Å². The minimum absolute atomic E-state index is 0.232. The van der Waals surface area contributed by atoms with Gasteiger partial charge >= 0.3 is 0 Å². The van der Waals surface area contributed by atoms with Gasteiger partial charge in [-0.3, -0.25) is 9.89 Å². The Balaban J connectivity index is 1.62. The van der Waals surface area contributed by atoms with E-state index >= 15 is 0 Å². The maximum atomic E-state index is 13.5. The molecule has 3 aromatic carbocycles. The lowest BCUT2D eigenvalue weighted by Gasteiger charge is -2.10. The molecule has 0 saturated carbocycles. The standard InChI is InChI=1S/C27H21FN4O/c1-17-7-9-19(10-8-17)23-15-22(27(33)29-16-18-5-3-2-4-6-18)24-25(31-32-26(24)30-23)20-11-13-21(28)14-12-20/h2-15H,16H2,1H3,(H,29,33)(H,30,31,32). The van der Waals surface area contributed by atoms with Gasteiger partial charge in [0.2, 0.25) is 0 Å². The van der Waals surface area contributed by atoms with Crippen LogP contribution in [-0.4, -0.2) is 21.1 Å².